The molecule has 0 bridgehead atoms. The Bertz CT molecular complexity index is 710. The molecule has 24 heavy (non-hydrogen) atoms. The average Bonchev–Trinajstić information content (AvgIpc) is 2.97. The molecule has 2 aromatic rings. The summed E-state index contributed by atoms with van der Waals surface area (Å²) in [4.78, 5) is 14.7. The Morgan fingerprint density at radius 2 is 1.71 bits per heavy atom. The van der Waals surface area contributed by atoms with E-state index in [2.05, 4.69) is 53.4 Å². The molecular weight excluding hydrogens is 298 g/mol. The lowest BCUT2D eigenvalue weighted by Gasteiger charge is -2.36. The summed E-state index contributed by atoms with van der Waals surface area (Å²) in [5, 5.41) is 0. The van der Waals surface area contributed by atoms with E-state index < -0.39 is 0 Å². The van der Waals surface area contributed by atoms with Gasteiger partial charge < -0.3 is 4.74 Å². The monoisotopic (exact) mass is 321 g/mol. The van der Waals surface area contributed by atoms with Gasteiger partial charge in [-0.05, 0) is 48.6 Å². The molecule has 1 saturated heterocycles. The molecule has 1 heterocycles. The summed E-state index contributed by atoms with van der Waals surface area (Å²) < 4.78 is 5.27. The van der Waals surface area contributed by atoms with E-state index in [0.717, 1.165) is 25.9 Å². The molecule has 2 aliphatic rings. The molecular formula is C21H23NO2. The standard InChI is InChI=1S/C21H23NO2/c1-2-24-21(23)15-8-7-13-22(14-15)20-18-11-5-3-9-16(18)17-10-4-6-12-19(17)20/h3-6,9-12,15,20H,2,7-8,13-14H2,1H3. The van der Waals surface area contributed by atoms with Crippen LogP contribution in [0.1, 0.15) is 36.9 Å². The van der Waals surface area contributed by atoms with Crippen LogP contribution in [0.25, 0.3) is 11.1 Å². The van der Waals surface area contributed by atoms with Crippen LogP contribution in [-0.2, 0) is 9.53 Å². The molecule has 0 aromatic heterocycles. The molecule has 0 N–H and O–H groups in total. The molecule has 1 unspecified atom stereocenters. The highest BCUT2D eigenvalue weighted by Crippen LogP contribution is 2.47. The molecule has 0 amide bonds. The SMILES string of the molecule is CCOC(=O)C1CCCN(C2c3ccccc3-c3ccccc32)C1. The molecule has 2 aromatic carbocycles. The Morgan fingerprint density at radius 1 is 1.08 bits per heavy atom. The van der Waals surface area contributed by atoms with Gasteiger partial charge in [0.15, 0.2) is 0 Å². The highest BCUT2D eigenvalue weighted by molar-refractivity contribution is 5.78. The number of nitrogens with zero attached hydrogens (tertiary/aromatic N) is 1. The molecule has 124 valence electrons. The van der Waals surface area contributed by atoms with Crippen molar-refractivity contribution in [2.24, 2.45) is 5.92 Å². The van der Waals surface area contributed by atoms with Crippen LogP contribution in [0.3, 0.4) is 0 Å². The van der Waals surface area contributed by atoms with Crippen molar-refractivity contribution in [1.82, 2.24) is 4.90 Å². The first kappa shape index (κ1) is 15.4. The van der Waals surface area contributed by atoms with E-state index in [9.17, 15) is 4.79 Å². The summed E-state index contributed by atoms with van der Waals surface area (Å²) in [6.45, 7) is 4.15. The number of hydrogen-bond donors (Lipinski definition) is 0. The van der Waals surface area contributed by atoms with Crippen LogP contribution in [0, 0.1) is 5.92 Å². The van der Waals surface area contributed by atoms with Crippen LogP contribution >= 0.6 is 0 Å². The molecule has 0 spiro atoms. The van der Waals surface area contributed by atoms with Crippen molar-refractivity contribution >= 4 is 5.97 Å². The maximum atomic E-state index is 12.2. The van der Waals surface area contributed by atoms with Gasteiger partial charge in [0.1, 0.15) is 0 Å². The summed E-state index contributed by atoms with van der Waals surface area (Å²) in [7, 11) is 0. The summed E-state index contributed by atoms with van der Waals surface area (Å²) in [6, 6.07) is 17.6. The van der Waals surface area contributed by atoms with Crippen molar-refractivity contribution in [2.45, 2.75) is 25.8 Å². The first-order valence-electron chi connectivity index (χ1n) is 8.88. The number of hydrogen-bond acceptors (Lipinski definition) is 3. The molecule has 3 nitrogen and oxygen atoms in total. The van der Waals surface area contributed by atoms with E-state index in [4.69, 9.17) is 4.74 Å². The zero-order valence-corrected chi connectivity index (χ0v) is 14.1. The van der Waals surface area contributed by atoms with Crippen molar-refractivity contribution in [3.05, 3.63) is 59.7 Å². The highest BCUT2D eigenvalue weighted by atomic mass is 16.5. The van der Waals surface area contributed by atoms with Gasteiger partial charge in [0, 0.05) is 6.54 Å². The fourth-order valence-corrected chi connectivity index (χ4v) is 4.22. The van der Waals surface area contributed by atoms with Crippen molar-refractivity contribution in [1.29, 1.82) is 0 Å². The molecule has 1 aliphatic carbocycles. The van der Waals surface area contributed by atoms with Gasteiger partial charge in [0.05, 0.1) is 18.6 Å². The van der Waals surface area contributed by atoms with Crippen molar-refractivity contribution in [2.75, 3.05) is 19.7 Å². The highest BCUT2D eigenvalue weighted by Gasteiger charge is 2.36. The maximum Gasteiger partial charge on any atom is 0.310 e. The number of rotatable bonds is 3. The number of fused-ring (bicyclic) bond motifs is 3. The fraction of sp³-hybridized carbons (Fsp3) is 0.381. The van der Waals surface area contributed by atoms with Gasteiger partial charge in [-0.15, -0.1) is 0 Å². The molecule has 1 aliphatic heterocycles. The number of piperidine rings is 1. The molecule has 0 radical (unpaired) electrons. The van der Waals surface area contributed by atoms with Crippen LogP contribution < -0.4 is 0 Å². The zero-order valence-electron chi connectivity index (χ0n) is 14.1. The predicted octanol–water partition coefficient (Wildman–Crippen LogP) is 4.03. The molecule has 4 rings (SSSR count). The van der Waals surface area contributed by atoms with Crippen LogP contribution in [0.4, 0.5) is 0 Å². The smallest absolute Gasteiger partial charge is 0.310 e. The summed E-state index contributed by atoms with van der Waals surface area (Å²) in [5.74, 6) is -0.0413. The Labute approximate surface area is 143 Å². The number of carbonyl (C=O) groups is 1. The van der Waals surface area contributed by atoms with Gasteiger partial charge in [0.2, 0.25) is 0 Å². The van der Waals surface area contributed by atoms with Gasteiger partial charge in [-0.2, -0.15) is 0 Å². The Hall–Kier alpha value is -2.13. The second-order valence-electron chi connectivity index (χ2n) is 6.66. The van der Waals surface area contributed by atoms with Crippen LogP contribution in [0.5, 0.6) is 0 Å². The minimum absolute atomic E-state index is 0.00127. The first-order chi connectivity index (χ1) is 11.8. The van der Waals surface area contributed by atoms with Gasteiger partial charge in [0.25, 0.3) is 0 Å². The summed E-state index contributed by atoms with van der Waals surface area (Å²) >= 11 is 0. The van der Waals surface area contributed by atoms with Crippen LogP contribution in [0.2, 0.25) is 0 Å². The average molecular weight is 321 g/mol. The van der Waals surface area contributed by atoms with E-state index in [1.807, 2.05) is 6.92 Å². The van der Waals surface area contributed by atoms with E-state index in [0.29, 0.717) is 6.61 Å². The third-order valence-corrected chi connectivity index (χ3v) is 5.24. The first-order valence-corrected chi connectivity index (χ1v) is 8.88. The Kier molecular flexibility index (Phi) is 4.11. The minimum Gasteiger partial charge on any atom is -0.466 e. The predicted molar refractivity (Wildman–Crippen MR) is 94.7 cm³/mol. The third-order valence-electron chi connectivity index (χ3n) is 5.24. The van der Waals surface area contributed by atoms with Crippen LogP contribution in [0.15, 0.2) is 48.5 Å². The Balaban J connectivity index is 1.67. The van der Waals surface area contributed by atoms with Crippen molar-refractivity contribution < 1.29 is 9.53 Å². The van der Waals surface area contributed by atoms with E-state index >= 15 is 0 Å². The lowest BCUT2D eigenvalue weighted by Crippen LogP contribution is -2.41. The number of ether oxygens (including phenoxy) is 1. The third kappa shape index (κ3) is 2.53. The molecule has 3 heteroatoms. The van der Waals surface area contributed by atoms with Crippen molar-refractivity contribution in [3.63, 3.8) is 0 Å². The minimum atomic E-state index is -0.0400. The van der Waals surface area contributed by atoms with Gasteiger partial charge in [-0.3, -0.25) is 9.69 Å². The number of carbonyl (C=O) groups excluding carboxylic acids is 1. The second kappa shape index (κ2) is 6.40. The Morgan fingerprint density at radius 3 is 2.33 bits per heavy atom. The lowest BCUT2D eigenvalue weighted by atomic mass is 9.94. The van der Waals surface area contributed by atoms with Gasteiger partial charge in [-0.25, -0.2) is 0 Å². The molecule has 1 fully saturated rings. The molecule has 0 saturated carbocycles. The second-order valence-corrected chi connectivity index (χ2v) is 6.66. The summed E-state index contributed by atoms with van der Waals surface area (Å²) in [6.07, 6.45) is 1.98. The quantitative estimate of drug-likeness (QED) is 0.799. The molecule has 1 atom stereocenters. The number of benzene rings is 2. The van der Waals surface area contributed by atoms with Gasteiger partial charge in [-0.1, -0.05) is 48.5 Å². The lowest BCUT2D eigenvalue weighted by molar-refractivity contribution is -0.150. The fourth-order valence-electron chi connectivity index (χ4n) is 4.22. The topological polar surface area (TPSA) is 29.5 Å². The van der Waals surface area contributed by atoms with Crippen molar-refractivity contribution in [3.8, 4) is 11.1 Å². The van der Waals surface area contributed by atoms with E-state index in [-0.39, 0.29) is 17.9 Å². The van der Waals surface area contributed by atoms with Crippen LogP contribution in [-0.4, -0.2) is 30.6 Å². The maximum absolute atomic E-state index is 12.2. The summed E-state index contributed by atoms with van der Waals surface area (Å²) in [5.41, 5.74) is 5.39. The van der Waals surface area contributed by atoms with E-state index in [1.165, 1.54) is 22.3 Å². The number of likely N-dealkylation sites (tertiary alicyclic amines) is 1. The normalized spacial score (nSPS) is 20.5. The number of esters is 1. The largest absolute Gasteiger partial charge is 0.466 e. The van der Waals surface area contributed by atoms with Gasteiger partial charge >= 0.3 is 5.97 Å². The van der Waals surface area contributed by atoms with E-state index in [1.54, 1.807) is 0 Å². The zero-order chi connectivity index (χ0) is 16.5.